The molecule has 1 N–H and O–H groups in total. The van der Waals surface area contributed by atoms with Crippen molar-refractivity contribution in [3.8, 4) is 5.75 Å². The van der Waals surface area contributed by atoms with E-state index < -0.39 is 5.97 Å². The second-order valence-electron chi connectivity index (χ2n) is 9.19. The number of nitrogens with zero attached hydrogens (tertiary/aromatic N) is 1. The molecular formula is C29H40N2O4. The van der Waals surface area contributed by atoms with Gasteiger partial charge in [0.2, 0.25) is 5.91 Å². The number of anilines is 1. The highest BCUT2D eigenvalue weighted by Crippen LogP contribution is 2.34. The van der Waals surface area contributed by atoms with Crippen LogP contribution in [0, 0.1) is 5.92 Å². The zero-order valence-corrected chi connectivity index (χ0v) is 21.6. The lowest BCUT2D eigenvalue weighted by Gasteiger charge is -2.34. The molecule has 0 aliphatic carbocycles. The van der Waals surface area contributed by atoms with Gasteiger partial charge in [0, 0.05) is 24.3 Å². The molecule has 0 radical (unpaired) electrons. The summed E-state index contributed by atoms with van der Waals surface area (Å²) in [7, 11) is 0. The van der Waals surface area contributed by atoms with Crippen molar-refractivity contribution in [3.63, 3.8) is 0 Å². The first kappa shape index (κ1) is 26.6. The number of esters is 1. The summed E-state index contributed by atoms with van der Waals surface area (Å²) in [6, 6.07) is 13.6. The van der Waals surface area contributed by atoms with E-state index in [1.165, 1.54) is 30.5 Å². The molecule has 0 spiro atoms. The number of hydrogen-bond donors (Lipinski definition) is 1. The van der Waals surface area contributed by atoms with Crippen LogP contribution in [0.15, 0.2) is 42.5 Å². The van der Waals surface area contributed by atoms with E-state index >= 15 is 0 Å². The molecule has 1 aliphatic heterocycles. The molecular weight excluding hydrogens is 440 g/mol. The molecule has 6 nitrogen and oxygen atoms in total. The Morgan fingerprint density at radius 1 is 1.00 bits per heavy atom. The lowest BCUT2D eigenvalue weighted by molar-refractivity contribution is -0.121. The second kappa shape index (κ2) is 13.2. The SMILES string of the molecule is CCOC(=O)c1ccc(CC(=O)N[C@@H](c2ccccc2N2CCCCC2)C(C)CC)c(OCC)c1. The van der Waals surface area contributed by atoms with Gasteiger partial charge in [-0.05, 0) is 62.8 Å². The Labute approximate surface area is 210 Å². The highest BCUT2D eigenvalue weighted by atomic mass is 16.5. The monoisotopic (exact) mass is 480 g/mol. The summed E-state index contributed by atoms with van der Waals surface area (Å²) < 4.78 is 10.9. The predicted octanol–water partition coefficient (Wildman–Crippen LogP) is 5.70. The third kappa shape index (κ3) is 7.00. The van der Waals surface area contributed by atoms with Crippen molar-refractivity contribution in [2.45, 2.75) is 65.8 Å². The minimum absolute atomic E-state index is 0.0615. The van der Waals surface area contributed by atoms with Crippen molar-refractivity contribution in [1.82, 2.24) is 5.32 Å². The molecule has 1 unspecified atom stereocenters. The maximum absolute atomic E-state index is 13.3. The molecule has 2 atom stereocenters. The van der Waals surface area contributed by atoms with Crippen molar-refractivity contribution in [2.75, 3.05) is 31.2 Å². The fraction of sp³-hybridized carbons (Fsp3) is 0.517. The highest BCUT2D eigenvalue weighted by Gasteiger charge is 2.26. The zero-order chi connectivity index (χ0) is 25.2. The lowest BCUT2D eigenvalue weighted by Crippen LogP contribution is -2.36. The Morgan fingerprint density at radius 2 is 1.74 bits per heavy atom. The normalized spacial score (nSPS) is 15.3. The van der Waals surface area contributed by atoms with E-state index in [4.69, 9.17) is 9.47 Å². The predicted molar refractivity (Wildman–Crippen MR) is 140 cm³/mol. The minimum Gasteiger partial charge on any atom is -0.494 e. The molecule has 0 saturated carbocycles. The van der Waals surface area contributed by atoms with Crippen LogP contribution in [0.5, 0.6) is 5.75 Å². The van der Waals surface area contributed by atoms with Crippen LogP contribution in [0.25, 0.3) is 0 Å². The van der Waals surface area contributed by atoms with Gasteiger partial charge in [0.05, 0.1) is 31.2 Å². The maximum Gasteiger partial charge on any atom is 0.338 e. The van der Waals surface area contributed by atoms with E-state index in [1.807, 2.05) is 6.92 Å². The molecule has 190 valence electrons. The fourth-order valence-corrected chi connectivity index (χ4v) is 4.66. The Balaban J connectivity index is 1.82. The van der Waals surface area contributed by atoms with Crippen molar-refractivity contribution >= 4 is 17.6 Å². The van der Waals surface area contributed by atoms with E-state index in [9.17, 15) is 9.59 Å². The Bertz CT molecular complexity index is 984. The molecule has 0 bridgehead atoms. The van der Waals surface area contributed by atoms with Gasteiger partial charge in [-0.15, -0.1) is 0 Å². The molecule has 1 amide bonds. The average Bonchev–Trinajstić information content (AvgIpc) is 2.88. The molecule has 1 aliphatic rings. The molecule has 2 aromatic rings. The Kier molecular flexibility index (Phi) is 10.0. The number of hydrogen-bond acceptors (Lipinski definition) is 5. The first-order chi connectivity index (χ1) is 17.0. The molecule has 1 saturated heterocycles. The number of amides is 1. The number of carbonyl (C=O) groups excluding carboxylic acids is 2. The number of carbonyl (C=O) groups is 2. The number of para-hydroxylation sites is 1. The topological polar surface area (TPSA) is 67.9 Å². The van der Waals surface area contributed by atoms with Gasteiger partial charge in [-0.2, -0.15) is 0 Å². The average molecular weight is 481 g/mol. The number of piperidine rings is 1. The van der Waals surface area contributed by atoms with Crippen molar-refractivity contribution < 1.29 is 19.1 Å². The van der Waals surface area contributed by atoms with Crippen LogP contribution in [0.1, 0.15) is 80.9 Å². The summed E-state index contributed by atoms with van der Waals surface area (Å²) in [5.74, 6) is 0.369. The first-order valence-electron chi connectivity index (χ1n) is 13.0. The van der Waals surface area contributed by atoms with Crippen LogP contribution in [-0.4, -0.2) is 38.2 Å². The van der Waals surface area contributed by atoms with E-state index in [1.54, 1.807) is 25.1 Å². The Hall–Kier alpha value is -3.02. The second-order valence-corrected chi connectivity index (χ2v) is 9.19. The van der Waals surface area contributed by atoms with Crippen molar-refractivity contribution in [1.29, 1.82) is 0 Å². The van der Waals surface area contributed by atoms with Gasteiger partial charge in [0.1, 0.15) is 5.75 Å². The number of nitrogens with one attached hydrogen (secondary N) is 1. The van der Waals surface area contributed by atoms with Gasteiger partial charge in [0.15, 0.2) is 0 Å². The van der Waals surface area contributed by atoms with Gasteiger partial charge in [-0.3, -0.25) is 4.79 Å². The summed E-state index contributed by atoms with van der Waals surface area (Å²) in [6.07, 6.45) is 4.82. The molecule has 2 aromatic carbocycles. The van der Waals surface area contributed by atoms with Crippen LogP contribution in [0.3, 0.4) is 0 Å². The van der Waals surface area contributed by atoms with Gasteiger partial charge >= 0.3 is 5.97 Å². The van der Waals surface area contributed by atoms with Gasteiger partial charge < -0.3 is 19.7 Å². The summed E-state index contributed by atoms with van der Waals surface area (Å²) in [5.41, 5.74) is 3.59. The van der Waals surface area contributed by atoms with Crippen molar-refractivity contribution in [2.24, 2.45) is 5.92 Å². The minimum atomic E-state index is -0.393. The molecule has 35 heavy (non-hydrogen) atoms. The Morgan fingerprint density at radius 3 is 2.43 bits per heavy atom. The standard InChI is InChI=1S/C29H40N2O4/c1-5-21(4)28(24-13-9-10-14-25(24)31-17-11-8-12-18-31)30-27(32)20-22-15-16-23(29(33)35-7-3)19-26(22)34-6-2/h9-10,13-16,19,21,28H,5-8,11-12,17-18,20H2,1-4H3,(H,30,32)/t21?,28-/m1/s1. The largest absolute Gasteiger partial charge is 0.494 e. The first-order valence-corrected chi connectivity index (χ1v) is 13.0. The van der Waals surface area contributed by atoms with Crippen LogP contribution < -0.4 is 15.0 Å². The van der Waals surface area contributed by atoms with Gasteiger partial charge in [-0.1, -0.05) is 44.5 Å². The molecule has 6 heteroatoms. The summed E-state index contributed by atoms with van der Waals surface area (Å²) >= 11 is 0. The van der Waals surface area contributed by atoms with E-state index in [0.717, 1.165) is 25.1 Å². The highest BCUT2D eigenvalue weighted by molar-refractivity contribution is 5.90. The van der Waals surface area contributed by atoms with Crippen LogP contribution in [0.4, 0.5) is 5.69 Å². The third-order valence-electron chi connectivity index (χ3n) is 6.73. The smallest absolute Gasteiger partial charge is 0.338 e. The van der Waals surface area contributed by atoms with Crippen LogP contribution >= 0.6 is 0 Å². The molecule has 1 fully saturated rings. The number of benzene rings is 2. The fourth-order valence-electron chi connectivity index (χ4n) is 4.66. The lowest BCUT2D eigenvalue weighted by atomic mass is 9.90. The van der Waals surface area contributed by atoms with Gasteiger partial charge in [0.25, 0.3) is 0 Å². The summed E-state index contributed by atoms with van der Waals surface area (Å²) in [6.45, 7) is 10.9. The molecule has 0 aromatic heterocycles. The summed E-state index contributed by atoms with van der Waals surface area (Å²) in [4.78, 5) is 27.9. The molecule has 3 rings (SSSR count). The van der Waals surface area contributed by atoms with E-state index in [2.05, 4.69) is 48.3 Å². The molecule has 1 heterocycles. The van der Waals surface area contributed by atoms with Gasteiger partial charge in [-0.25, -0.2) is 4.79 Å². The van der Waals surface area contributed by atoms with Crippen molar-refractivity contribution in [3.05, 3.63) is 59.2 Å². The number of ether oxygens (including phenoxy) is 2. The van der Waals surface area contributed by atoms with Crippen LogP contribution in [0.2, 0.25) is 0 Å². The van der Waals surface area contributed by atoms with E-state index in [-0.39, 0.29) is 24.3 Å². The summed E-state index contributed by atoms with van der Waals surface area (Å²) in [5, 5.41) is 3.33. The van der Waals surface area contributed by atoms with Crippen LogP contribution in [-0.2, 0) is 16.0 Å². The quantitative estimate of drug-likeness (QED) is 0.418. The maximum atomic E-state index is 13.3. The van der Waals surface area contributed by atoms with E-state index in [0.29, 0.717) is 24.5 Å². The third-order valence-corrected chi connectivity index (χ3v) is 6.73. The zero-order valence-electron chi connectivity index (χ0n) is 21.6. The number of rotatable bonds is 11.